The number of fused-ring (bicyclic) bond motifs is 2. The lowest BCUT2D eigenvalue weighted by Gasteiger charge is -2.32. The molecule has 2 amide bonds. The van der Waals surface area contributed by atoms with Gasteiger partial charge in [0, 0.05) is 30.2 Å². The smallest absolute Gasteiger partial charge is 0.378 e. The highest BCUT2D eigenvalue weighted by Gasteiger charge is 2.40. The lowest BCUT2D eigenvalue weighted by Crippen LogP contribution is -2.46. The zero-order chi connectivity index (χ0) is 53.2. The largest absolute Gasteiger partial charge is 0.475 e. The first-order valence-electron chi connectivity index (χ1n) is 21.3. The van der Waals surface area contributed by atoms with E-state index in [9.17, 15) is 56.6 Å². The molecule has 8 N–H and O–H groups in total. The molecule has 6 atom stereocenters. The standard InChI is InChI=1S/C38H50N2O27P6/c1-55-73(54,65-23-22-63-70(48,49)59-17-16-57-68(43,44)45)67-27(25-66-72(52,53)64-21-20-62-71(50,51)61-19-18-60-69(46,47)58-15-14-56-13-12-39)24-40-37(41)32-10-8-30-28-6-2-4-26-5-3-7-29(34(26)28)31-9-11-33(38(40)42)36(32)35(30)31/h2-11,27H,12-25,39H2,1H3,(H,46,47)(H,48,49)(H,50,51)(H,52,53)(H2,43,44,45). The Morgan fingerprint density at radius 1 is 0.493 bits per heavy atom. The topological polar surface area (TPSA) is 407 Å². The summed E-state index contributed by atoms with van der Waals surface area (Å²) < 4.78 is 137. The van der Waals surface area contributed by atoms with Crippen LogP contribution >= 0.6 is 46.9 Å². The second-order valence-corrected chi connectivity index (χ2v) is 23.7. The van der Waals surface area contributed by atoms with E-state index in [-0.39, 0.29) is 37.5 Å². The molecular formula is C38H50N2O27P6. The van der Waals surface area contributed by atoms with Gasteiger partial charge in [-0.25, -0.2) is 27.4 Å². The maximum absolute atomic E-state index is 14.4. The molecule has 6 rings (SSSR count). The van der Waals surface area contributed by atoms with Crippen LogP contribution in [-0.4, -0.2) is 152 Å². The first kappa shape index (κ1) is 59.4. The summed E-state index contributed by atoms with van der Waals surface area (Å²) in [5, 5.41) is 6.28. The van der Waals surface area contributed by atoms with E-state index in [1.54, 1.807) is 12.1 Å². The van der Waals surface area contributed by atoms with Gasteiger partial charge in [0.05, 0.1) is 85.8 Å². The number of carbonyl (C=O) groups is 2. The molecule has 29 nitrogen and oxygen atoms in total. The third kappa shape index (κ3) is 16.6. The number of amides is 2. The highest BCUT2D eigenvalue weighted by atomic mass is 31.2. The van der Waals surface area contributed by atoms with Crippen LogP contribution in [0.5, 0.6) is 0 Å². The summed E-state index contributed by atoms with van der Waals surface area (Å²) in [4.78, 5) is 87.0. The van der Waals surface area contributed by atoms with Gasteiger partial charge in [-0.3, -0.25) is 68.8 Å². The summed E-state index contributed by atoms with van der Waals surface area (Å²) in [6.45, 7) is -8.57. The van der Waals surface area contributed by atoms with E-state index in [2.05, 4.69) is 31.7 Å². The van der Waals surface area contributed by atoms with E-state index in [1.807, 2.05) is 36.4 Å². The first-order chi connectivity index (χ1) is 34.4. The molecule has 0 bridgehead atoms. The molecule has 0 aliphatic carbocycles. The van der Waals surface area contributed by atoms with Gasteiger partial charge in [-0.2, -0.15) is 0 Å². The van der Waals surface area contributed by atoms with E-state index < -0.39 is 131 Å². The molecule has 1 aliphatic rings. The van der Waals surface area contributed by atoms with Gasteiger partial charge in [0.15, 0.2) is 0 Å². The number of nitrogens with two attached hydrogens (primary N) is 1. The quantitative estimate of drug-likeness (QED) is 0.00925. The number of nitrogens with zero attached hydrogens (tertiary/aromatic N) is 1. The molecule has 0 saturated heterocycles. The van der Waals surface area contributed by atoms with E-state index in [4.69, 9.17) is 42.9 Å². The molecule has 35 heteroatoms. The van der Waals surface area contributed by atoms with Gasteiger partial charge in [-0.1, -0.05) is 48.5 Å². The van der Waals surface area contributed by atoms with E-state index >= 15 is 0 Å². The van der Waals surface area contributed by atoms with Crippen molar-refractivity contribution in [1.82, 2.24) is 4.90 Å². The van der Waals surface area contributed by atoms with Crippen LogP contribution in [0.1, 0.15) is 20.7 Å². The number of phosphoric acid groups is 6. The Kier molecular flexibility index (Phi) is 20.7. The molecule has 1 heterocycles. The zero-order valence-electron chi connectivity index (χ0n) is 38.2. The minimum absolute atomic E-state index is 0.0695. The third-order valence-corrected chi connectivity index (χ3v) is 16.1. The predicted octanol–water partition coefficient (Wildman–Crippen LogP) is 5.11. The molecule has 0 saturated carbocycles. The first-order valence-corrected chi connectivity index (χ1v) is 30.3. The maximum Gasteiger partial charge on any atom is 0.475 e. The fraction of sp³-hybridized carbons (Fsp3) is 0.421. The Morgan fingerprint density at radius 3 is 1.34 bits per heavy atom. The molecular weight excluding hydrogens is 1100 g/mol. The van der Waals surface area contributed by atoms with Gasteiger partial charge in [0.2, 0.25) is 0 Å². The fourth-order valence-electron chi connectivity index (χ4n) is 7.21. The van der Waals surface area contributed by atoms with E-state index in [0.29, 0.717) is 15.7 Å². The second kappa shape index (κ2) is 25.5. The van der Waals surface area contributed by atoms with Crippen LogP contribution in [0, 0.1) is 0 Å². The molecule has 73 heavy (non-hydrogen) atoms. The summed E-state index contributed by atoms with van der Waals surface area (Å²) in [6, 6.07) is 18.2. The molecule has 5 aromatic rings. The average Bonchev–Trinajstić information content (AvgIpc) is 3.33. The van der Waals surface area contributed by atoms with Gasteiger partial charge in [-0.05, 0) is 49.8 Å². The number of phosphoric ester groups is 6. The predicted molar refractivity (Wildman–Crippen MR) is 253 cm³/mol. The fourth-order valence-corrected chi connectivity index (χ4v) is 11.4. The van der Waals surface area contributed by atoms with Crippen molar-refractivity contribution in [2.24, 2.45) is 5.73 Å². The Balaban J connectivity index is 1.12. The Bertz CT molecular complexity index is 2950. The van der Waals surface area contributed by atoms with Gasteiger partial charge in [0.1, 0.15) is 6.10 Å². The highest BCUT2D eigenvalue weighted by Crippen LogP contribution is 2.53. The molecule has 0 aromatic heterocycles. The summed E-state index contributed by atoms with van der Waals surface area (Å²) in [7, 11) is -28.6. The van der Waals surface area contributed by atoms with Crippen LogP contribution in [-0.2, 0) is 86.4 Å². The van der Waals surface area contributed by atoms with Crippen LogP contribution in [0.2, 0.25) is 0 Å². The second-order valence-electron chi connectivity index (χ2n) is 14.9. The number of ether oxygens (including phenoxy) is 1. The van der Waals surface area contributed by atoms with Gasteiger partial charge in [0.25, 0.3) is 11.8 Å². The average molecular weight is 1150 g/mol. The number of rotatable bonds is 34. The van der Waals surface area contributed by atoms with Crippen LogP contribution in [0.4, 0.5) is 0 Å². The van der Waals surface area contributed by atoms with Gasteiger partial charge in [-0.15, -0.1) is 0 Å². The molecule has 0 radical (unpaired) electrons. The monoisotopic (exact) mass is 1150 g/mol. The summed E-state index contributed by atoms with van der Waals surface area (Å²) in [5.41, 5.74) is 5.44. The highest BCUT2D eigenvalue weighted by molar-refractivity contribution is 7.49. The number of hydrogen-bond donors (Lipinski definition) is 7. The maximum atomic E-state index is 14.4. The molecule has 0 spiro atoms. The SMILES string of the molecule is COP(=O)(OCCOP(=O)(O)OCCOP(=O)(O)O)OC(COP(=O)(O)OCCOP(=O)(O)OCCOP(=O)(O)OCCOCCN)CN1C(=O)c2ccc3c4cccc5cccc(c6ccc(c2c36)C1=O)c54. The molecule has 6 unspecified atom stereocenters. The van der Waals surface area contributed by atoms with Crippen molar-refractivity contribution in [1.29, 1.82) is 0 Å². The molecule has 5 aromatic carbocycles. The Morgan fingerprint density at radius 2 is 0.904 bits per heavy atom. The number of imide groups is 1. The van der Waals surface area contributed by atoms with Gasteiger partial charge >= 0.3 is 46.9 Å². The summed E-state index contributed by atoms with van der Waals surface area (Å²) in [5.74, 6) is -1.71. The lowest BCUT2D eigenvalue weighted by molar-refractivity contribution is 0.0209. The van der Waals surface area contributed by atoms with Crippen LogP contribution in [0.3, 0.4) is 0 Å². The van der Waals surface area contributed by atoms with Crippen molar-refractivity contribution in [2.45, 2.75) is 6.10 Å². The molecule has 1 aliphatic heterocycles. The zero-order valence-corrected chi connectivity index (χ0v) is 43.6. The molecule has 0 fully saturated rings. The summed E-state index contributed by atoms with van der Waals surface area (Å²) in [6.07, 6.45) is -1.86. The minimum atomic E-state index is -5.24. The van der Waals surface area contributed by atoms with Crippen LogP contribution < -0.4 is 5.73 Å². The van der Waals surface area contributed by atoms with Crippen molar-refractivity contribution in [3.8, 4) is 0 Å². The van der Waals surface area contributed by atoms with Crippen molar-refractivity contribution in [3.63, 3.8) is 0 Å². The Labute approximate surface area is 414 Å². The minimum Gasteiger partial charge on any atom is -0.378 e. The van der Waals surface area contributed by atoms with Crippen molar-refractivity contribution >= 4 is 102 Å². The van der Waals surface area contributed by atoms with Crippen molar-refractivity contribution in [3.05, 3.63) is 71.8 Å². The van der Waals surface area contributed by atoms with Crippen molar-refractivity contribution in [2.75, 3.05) is 99.5 Å². The molecule has 404 valence electrons. The third-order valence-electron chi connectivity index (χ3n) is 10.0. The lowest BCUT2D eigenvalue weighted by atomic mass is 9.85. The summed E-state index contributed by atoms with van der Waals surface area (Å²) >= 11 is 0. The van der Waals surface area contributed by atoms with Gasteiger partial charge < -0.3 is 39.8 Å². The van der Waals surface area contributed by atoms with E-state index in [1.165, 1.54) is 12.1 Å². The number of benzene rings is 5. The van der Waals surface area contributed by atoms with E-state index in [0.717, 1.165) is 39.4 Å². The van der Waals surface area contributed by atoms with Crippen LogP contribution in [0.15, 0.2) is 60.7 Å². The number of hydrogen-bond acceptors (Lipinski definition) is 22. The van der Waals surface area contributed by atoms with Crippen molar-refractivity contribution < 1.29 is 125 Å². The normalized spacial score (nSPS) is 18.0. The number of carbonyl (C=O) groups excluding carboxylic acids is 2. The Hall–Kier alpha value is -2.88. The van der Waals surface area contributed by atoms with Crippen LogP contribution in [0.25, 0.3) is 43.1 Å².